The smallest absolute Gasteiger partial charge is 0.119 e. The maximum absolute atomic E-state index is 5.76. The van der Waals surface area contributed by atoms with Gasteiger partial charge in [0.15, 0.2) is 0 Å². The Bertz CT molecular complexity index is 569. The van der Waals surface area contributed by atoms with Crippen LogP contribution in [0.4, 0.5) is 0 Å². The van der Waals surface area contributed by atoms with Crippen LogP contribution in [0.5, 0.6) is 5.75 Å². The number of hydrogen-bond acceptors (Lipinski definition) is 2. The van der Waals surface area contributed by atoms with Crippen LogP contribution in [0.25, 0.3) is 0 Å². The molecule has 21 heavy (non-hydrogen) atoms. The zero-order chi connectivity index (χ0) is 14.9. The lowest BCUT2D eigenvalue weighted by atomic mass is 10.2. The molecule has 0 aromatic heterocycles. The third-order valence-corrected chi connectivity index (χ3v) is 3.33. The molecule has 1 atom stereocenters. The standard InChI is InChI=1S/C19H21NO/c1-3-18(4-2)20-14-16-10-12-19(13-11-16)21-15-17-8-6-5-7-9-17/h1,5-13,18,20H,4,14-15H2,2H3. The largest absolute Gasteiger partial charge is 0.489 e. The Morgan fingerprint density at radius 2 is 1.76 bits per heavy atom. The topological polar surface area (TPSA) is 21.3 Å². The lowest BCUT2D eigenvalue weighted by molar-refractivity contribution is 0.306. The second-order valence-electron chi connectivity index (χ2n) is 4.93. The Hall–Kier alpha value is -2.24. The summed E-state index contributed by atoms with van der Waals surface area (Å²) in [7, 11) is 0. The van der Waals surface area contributed by atoms with Crippen molar-refractivity contribution < 1.29 is 4.74 Å². The molecule has 0 heterocycles. The Balaban J connectivity index is 1.83. The molecule has 0 saturated heterocycles. The first-order chi connectivity index (χ1) is 10.3. The van der Waals surface area contributed by atoms with E-state index in [-0.39, 0.29) is 6.04 Å². The summed E-state index contributed by atoms with van der Waals surface area (Å²) in [6.45, 7) is 3.45. The van der Waals surface area contributed by atoms with Crippen LogP contribution in [0, 0.1) is 12.3 Å². The molecule has 0 aliphatic rings. The van der Waals surface area contributed by atoms with Crippen LogP contribution in [0.1, 0.15) is 24.5 Å². The van der Waals surface area contributed by atoms with Gasteiger partial charge >= 0.3 is 0 Å². The van der Waals surface area contributed by atoms with Crippen LogP contribution in [-0.4, -0.2) is 6.04 Å². The van der Waals surface area contributed by atoms with Gasteiger partial charge in [0.2, 0.25) is 0 Å². The van der Waals surface area contributed by atoms with Gasteiger partial charge in [-0.25, -0.2) is 0 Å². The zero-order valence-electron chi connectivity index (χ0n) is 12.4. The predicted molar refractivity (Wildman–Crippen MR) is 87.0 cm³/mol. The van der Waals surface area contributed by atoms with E-state index in [2.05, 4.69) is 42.4 Å². The third kappa shape index (κ3) is 4.98. The Labute approximate surface area is 127 Å². The molecule has 0 radical (unpaired) electrons. The molecular formula is C19H21NO. The van der Waals surface area contributed by atoms with Crippen molar-refractivity contribution in [1.29, 1.82) is 0 Å². The number of ether oxygens (including phenoxy) is 1. The monoisotopic (exact) mass is 279 g/mol. The molecule has 108 valence electrons. The fraction of sp³-hybridized carbons (Fsp3) is 0.263. The molecular weight excluding hydrogens is 258 g/mol. The fourth-order valence-electron chi connectivity index (χ4n) is 2.01. The fourth-order valence-corrected chi connectivity index (χ4v) is 2.01. The molecule has 0 saturated carbocycles. The van der Waals surface area contributed by atoms with E-state index in [0.717, 1.165) is 18.7 Å². The molecule has 2 aromatic rings. The van der Waals surface area contributed by atoms with E-state index in [9.17, 15) is 0 Å². The minimum Gasteiger partial charge on any atom is -0.489 e. The summed E-state index contributed by atoms with van der Waals surface area (Å²) in [6.07, 6.45) is 6.37. The van der Waals surface area contributed by atoms with Crippen LogP contribution in [-0.2, 0) is 13.2 Å². The highest BCUT2D eigenvalue weighted by atomic mass is 16.5. The first-order valence-corrected chi connectivity index (χ1v) is 7.27. The van der Waals surface area contributed by atoms with E-state index in [1.807, 2.05) is 30.3 Å². The Morgan fingerprint density at radius 1 is 1.05 bits per heavy atom. The normalized spacial score (nSPS) is 11.6. The van der Waals surface area contributed by atoms with Gasteiger partial charge in [0.05, 0.1) is 6.04 Å². The van der Waals surface area contributed by atoms with Crippen molar-refractivity contribution in [2.45, 2.75) is 32.5 Å². The van der Waals surface area contributed by atoms with Gasteiger partial charge in [0.25, 0.3) is 0 Å². The molecule has 1 unspecified atom stereocenters. The predicted octanol–water partition coefficient (Wildman–Crippen LogP) is 3.77. The quantitative estimate of drug-likeness (QED) is 0.779. The van der Waals surface area contributed by atoms with Crippen LogP contribution < -0.4 is 10.1 Å². The Morgan fingerprint density at radius 3 is 2.38 bits per heavy atom. The number of rotatable bonds is 7. The highest BCUT2D eigenvalue weighted by molar-refractivity contribution is 5.28. The second kappa shape index (κ2) is 8.14. The molecule has 2 aromatic carbocycles. The molecule has 1 N–H and O–H groups in total. The lowest BCUT2D eigenvalue weighted by Gasteiger charge is -2.11. The van der Waals surface area contributed by atoms with Crippen molar-refractivity contribution in [3.05, 3.63) is 65.7 Å². The van der Waals surface area contributed by atoms with Gasteiger partial charge in [-0.15, -0.1) is 6.42 Å². The third-order valence-electron chi connectivity index (χ3n) is 3.33. The molecule has 2 heteroatoms. The van der Waals surface area contributed by atoms with Crippen LogP contribution in [0.15, 0.2) is 54.6 Å². The van der Waals surface area contributed by atoms with E-state index in [1.54, 1.807) is 0 Å². The lowest BCUT2D eigenvalue weighted by Crippen LogP contribution is -2.25. The summed E-state index contributed by atoms with van der Waals surface area (Å²) in [5, 5.41) is 3.34. The minimum absolute atomic E-state index is 0.138. The average Bonchev–Trinajstić information content (AvgIpc) is 2.56. The summed E-state index contributed by atoms with van der Waals surface area (Å²) in [6, 6.07) is 18.4. The van der Waals surface area contributed by atoms with Gasteiger partial charge in [-0.1, -0.05) is 55.3 Å². The number of nitrogens with one attached hydrogen (secondary N) is 1. The van der Waals surface area contributed by atoms with Crippen molar-refractivity contribution in [2.75, 3.05) is 0 Å². The summed E-state index contributed by atoms with van der Waals surface area (Å²) >= 11 is 0. The summed E-state index contributed by atoms with van der Waals surface area (Å²) < 4.78 is 5.76. The molecule has 0 bridgehead atoms. The molecule has 0 spiro atoms. The SMILES string of the molecule is C#CC(CC)NCc1ccc(OCc2ccccc2)cc1. The molecule has 0 fully saturated rings. The van der Waals surface area contributed by atoms with Gasteiger partial charge in [-0.2, -0.15) is 0 Å². The number of benzene rings is 2. The van der Waals surface area contributed by atoms with Crippen LogP contribution in [0.3, 0.4) is 0 Å². The van der Waals surface area contributed by atoms with Crippen LogP contribution >= 0.6 is 0 Å². The summed E-state index contributed by atoms with van der Waals surface area (Å²) in [5.41, 5.74) is 2.37. The molecule has 2 nitrogen and oxygen atoms in total. The summed E-state index contributed by atoms with van der Waals surface area (Å²) in [5.74, 6) is 3.62. The second-order valence-corrected chi connectivity index (χ2v) is 4.93. The minimum atomic E-state index is 0.138. The highest BCUT2D eigenvalue weighted by Crippen LogP contribution is 2.14. The molecule has 0 amide bonds. The van der Waals surface area contributed by atoms with E-state index >= 15 is 0 Å². The van der Waals surface area contributed by atoms with Gasteiger partial charge in [-0.3, -0.25) is 5.32 Å². The van der Waals surface area contributed by atoms with E-state index in [0.29, 0.717) is 6.61 Å². The van der Waals surface area contributed by atoms with Crippen molar-refractivity contribution in [3.63, 3.8) is 0 Å². The van der Waals surface area contributed by atoms with Gasteiger partial charge in [-0.05, 0) is 29.7 Å². The van der Waals surface area contributed by atoms with Gasteiger partial charge in [0, 0.05) is 6.54 Å². The molecule has 0 aliphatic heterocycles. The first kappa shape index (κ1) is 15.2. The molecule has 2 rings (SSSR count). The molecule has 0 aliphatic carbocycles. The summed E-state index contributed by atoms with van der Waals surface area (Å²) in [4.78, 5) is 0. The highest BCUT2D eigenvalue weighted by Gasteiger charge is 2.01. The maximum Gasteiger partial charge on any atom is 0.119 e. The van der Waals surface area contributed by atoms with E-state index in [1.165, 1.54) is 11.1 Å². The van der Waals surface area contributed by atoms with Gasteiger partial charge < -0.3 is 4.74 Å². The first-order valence-electron chi connectivity index (χ1n) is 7.27. The zero-order valence-corrected chi connectivity index (χ0v) is 12.4. The average molecular weight is 279 g/mol. The van der Waals surface area contributed by atoms with Crippen molar-refractivity contribution in [2.24, 2.45) is 0 Å². The maximum atomic E-state index is 5.76. The Kier molecular flexibility index (Phi) is 5.87. The van der Waals surface area contributed by atoms with Crippen molar-refractivity contribution >= 4 is 0 Å². The number of terminal acetylenes is 1. The van der Waals surface area contributed by atoms with Crippen molar-refractivity contribution in [3.8, 4) is 18.1 Å². The van der Waals surface area contributed by atoms with Gasteiger partial charge in [0.1, 0.15) is 12.4 Å². The van der Waals surface area contributed by atoms with E-state index in [4.69, 9.17) is 11.2 Å². The van der Waals surface area contributed by atoms with Crippen LogP contribution in [0.2, 0.25) is 0 Å². The van der Waals surface area contributed by atoms with Crippen molar-refractivity contribution in [1.82, 2.24) is 5.32 Å². The number of hydrogen-bond donors (Lipinski definition) is 1. The van der Waals surface area contributed by atoms with E-state index < -0.39 is 0 Å².